The minimum absolute atomic E-state index is 0.0384. The van der Waals surface area contributed by atoms with Gasteiger partial charge in [-0.1, -0.05) is 36.7 Å². The Morgan fingerprint density at radius 2 is 2.00 bits per heavy atom. The number of carbonyl (C=O) groups is 1. The number of rotatable bonds is 4. The molecule has 0 spiro atoms. The van der Waals surface area contributed by atoms with Crippen LogP contribution in [0.2, 0.25) is 5.02 Å². The summed E-state index contributed by atoms with van der Waals surface area (Å²) in [5, 5.41) is 3.93. The zero-order valence-corrected chi connectivity index (χ0v) is 12.3. The molecule has 1 aromatic rings. The largest absolute Gasteiger partial charge is 0.343 e. The Balaban J connectivity index is 2.17. The highest BCUT2D eigenvalue weighted by Gasteiger charge is 2.40. The van der Waals surface area contributed by atoms with Crippen LogP contribution in [0.5, 0.6) is 0 Å². The molecule has 1 N–H and O–H groups in total. The highest BCUT2D eigenvalue weighted by molar-refractivity contribution is 6.30. The van der Waals surface area contributed by atoms with E-state index in [0.717, 1.165) is 41.8 Å². The standard InChI is InChI=1S/C16H20ClNO/c1-3-5-12(2)15(19)18-16(10-4-11-16)13-6-8-14(17)9-7-13/h5-9H,3-4,10-11H2,1-2H3,(H,18,19)/b12-5+. The SMILES string of the molecule is CC/C=C(\C)C(=O)NC1(c2ccc(Cl)cc2)CCC1. The van der Waals surface area contributed by atoms with Crippen LogP contribution < -0.4 is 5.32 Å². The van der Waals surface area contributed by atoms with Crippen LogP contribution in [0.1, 0.15) is 45.1 Å². The maximum absolute atomic E-state index is 12.2. The Labute approximate surface area is 119 Å². The van der Waals surface area contributed by atoms with Crippen LogP contribution in [-0.2, 0) is 10.3 Å². The lowest BCUT2D eigenvalue weighted by atomic mass is 9.71. The second-order valence-corrected chi connectivity index (χ2v) is 5.63. The van der Waals surface area contributed by atoms with E-state index < -0.39 is 0 Å². The second kappa shape index (κ2) is 5.79. The Kier molecular flexibility index (Phi) is 4.31. The Morgan fingerprint density at radius 3 is 2.47 bits per heavy atom. The van der Waals surface area contributed by atoms with Crippen LogP contribution in [0.3, 0.4) is 0 Å². The lowest BCUT2D eigenvalue weighted by Gasteiger charge is -2.43. The molecule has 2 nitrogen and oxygen atoms in total. The number of hydrogen-bond acceptors (Lipinski definition) is 1. The van der Waals surface area contributed by atoms with E-state index in [1.54, 1.807) is 0 Å². The second-order valence-electron chi connectivity index (χ2n) is 5.19. The molecule has 1 aliphatic rings. The summed E-state index contributed by atoms with van der Waals surface area (Å²) in [6, 6.07) is 7.80. The minimum atomic E-state index is -0.190. The third-order valence-electron chi connectivity index (χ3n) is 3.83. The van der Waals surface area contributed by atoms with Gasteiger partial charge in [0, 0.05) is 10.6 Å². The first-order chi connectivity index (χ1) is 9.07. The molecule has 102 valence electrons. The van der Waals surface area contributed by atoms with Crippen molar-refractivity contribution in [1.82, 2.24) is 5.32 Å². The average molecular weight is 278 g/mol. The summed E-state index contributed by atoms with van der Waals surface area (Å²) in [6.45, 7) is 3.90. The van der Waals surface area contributed by atoms with Gasteiger partial charge in [0.25, 0.3) is 0 Å². The topological polar surface area (TPSA) is 29.1 Å². The average Bonchev–Trinajstić information content (AvgIpc) is 2.35. The molecule has 19 heavy (non-hydrogen) atoms. The van der Waals surface area contributed by atoms with Crippen molar-refractivity contribution in [2.75, 3.05) is 0 Å². The highest BCUT2D eigenvalue weighted by atomic mass is 35.5. The van der Waals surface area contributed by atoms with Crippen molar-refractivity contribution in [2.24, 2.45) is 0 Å². The molecule has 0 aromatic heterocycles. The molecule has 1 aliphatic carbocycles. The molecule has 0 radical (unpaired) electrons. The molecular formula is C16H20ClNO. The van der Waals surface area contributed by atoms with Gasteiger partial charge < -0.3 is 5.32 Å². The van der Waals surface area contributed by atoms with Gasteiger partial charge in [-0.2, -0.15) is 0 Å². The van der Waals surface area contributed by atoms with Crippen molar-refractivity contribution in [2.45, 2.75) is 45.1 Å². The third kappa shape index (κ3) is 3.01. The van der Waals surface area contributed by atoms with E-state index in [0.29, 0.717) is 0 Å². The van der Waals surface area contributed by atoms with E-state index in [9.17, 15) is 4.79 Å². The molecule has 1 amide bonds. The van der Waals surface area contributed by atoms with Crippen LogP contribution in [-0.4, -0.2) is 5.91 Å². The maximum Gasteiger partial charge on any atom is 0.247 e. The van der Waals surface area contributed by atoms with Gasteiger partial charge in [-0.05, 0) is 50.3 Å². The molecule has 1 fully saturated rings. The zero-order chi connectivity index (χ0) is 13.9. The minimum Gasteiger partial charge on any atom is -0.343 e. The lowest BCUT2D eigenvalue weighted by molar-refractivity contribution is -0.120. The fourth-order valence-corrected chi connectivity index (χ4v) is 2.63. The van der Waals surface area contributed by atoms with Crippen LogP contribution in [0.25, 0.3) is 0 Å². The zero-order valence-electron chi connectivity index (χ0n) is 11.5. The summed E-state index contributed by atoms with van der Waals surface area (Å²) >= 11 is 5.92. The molecule has 1 saturated carbocycles. The number of hydrogen-bond donors (Lipinski definition) is 1. The summed E-state index contributed by atoms with van der Waals surface area (Å²) in [5.74, 6) is 0.0384. The fourth-order valence-electron chi connectivity index (χ4n) is 2.50. The first-order valence-electron chi connectivity index (χ1n) is 6.83. The van der Waals surface area contributed by atoms with Crippen LogP contribution in [0.15, 0.2) is 35.9 Å². The lowest BCUT2D eigenvalue weighted by Crippen LogP contribution is -2.51. The van der Waals surface area contributed by atoms with Gasteiger partial charge in [0.1, 0.15) is 0 Å². The van der Waals surface area contributed by atoms with Crippen molar-refractivity contribution in [3.8, 4) is 0 Å². The quantitative estimate of drug-likeness (QED) is 0.822. The smallest absolute Gasteiger partial charge is 0.247 e. The Morgan fingerprint density at radius 1 is 1.37 bits per heavy atom. The monoisotopic (exact) mass is 277 g/mol. The summed E-state index contributed by atoms with van der Waals surface area (Å²) < 4.78 is 0. The molecular weight excluding hydrogens is 258 g/mol. The van der Waals surface area contributed by atoms with E-state index in [1.165, 1.54) is 0 Å². The van der Waals surface area contributed by atoms with Crippen molar-refractivity contribution in [1.29, 1.82) is 0 Å². The van der Waals surface area contributed by atoms with Crippen molar-refractivity contribution < 1.29 is 4.79 Å². The molecule has 2 rings (SSSR count). The van der Waals surface area contributed by atoms with Gasteiger partial charge in [-0.15, -0.1) is 0 Å². The first-order valence-corrected chi connectivity index (χ1v) is 7.20. The number of allylic oxidation sites excluding steroid dienone is 1. The summed E-state index contributed by atoms with van der Waals surface area (Å²) in [7, 11) is 0. The molecule has 0 atom stereocenters. The van der Waals surface area contributed by atoms with Crippen LogP contribution >= 0.6 is 11.6 Å². The summed E-state index contributed by atoms with van der Waals surface area (Å²) in [6.07, 6.45) is 6.00. The maximum atomic E-state index is 12.2. The van der Waals surface area contributed by atoms with Gasteiger partial charge in [0.15, 0.2) is 0 Å². The summed E-state index contributed by atoms with van der Waals surface area (Å²) in [5.41, 5.74) is 1.76. The van der Waals surface area contributed by atoms with E-state index in [2.05, 4.69) is 5.32 Å². The molecule has 0 aliphatic heterocycles. The highest BCUT2D eigenvalue weighted by Crippen LogP contribution is 2.41. The number of nitrogens with one attached hydrogen (secondary N) is 1. The molecule has 0 saturated heterocycles. The normalized spacial score (nSPS) is 17.7. The van der Waals surface area contributed by atoms with Gasteiger partial charge in [-0.3, -0.25) is 4.79 Å². The first kappa shape index (κ1) is 14.1. The van der Waals surface area contributed by atoms with Crippen molar-refractivity contribution in [3.63, 3.8) is 0 Å². The van der Waals surface area contributed by atoms with E-state index in [-0.39, 0.29) is 11.4 Å². The van der Waals surface area contributed by atoms with Gasteiger partial charge in [-0.25, -0.2) is 0 Å². The molecule has 3 heteroatoms. The number of amides is 1. The third-order valence-corrected chi connectivity index (χ3v) is 4.08. The number of carbonyl (C=O) groups excluding carboxylic acids is 1. The molecule has 0 unspecified atom stereocenters. The Bertz CT molecular complexity index is 486. The molecule has 0 bridgehead atoms. The number of benzene rings is 1. The van der Waals surface area contributed by atoms with E-state index in [4.69, 9.17) is 11.6 Å². The fraction of sp³-hybridized carbons (Fsp3) is 0.438. The Hall–Kier alpha value is -1.28. The van der Waals surface area contributed by atoms with E-state index in [1.807, 2.05) is 44.2 Å². The van der Waals surface area contributed by atoms with Crippen molar-refractivity contribution in [3.05, 3.63) is 46.5 Å². The number of halogens is 1. The van der Waals surface area contributed by atoms with E-state index >= 15 is 0 Å². The van der Waals surface area contributed by atoms with Crippen LogP contribution in [0, 0.1) is 0 Å². The van der Waals surface area contributed by atoms with Gasteiger partial charge in [0.2, 0.25) is 5.91 Å². The van der Waals surface area contributed by atoms with Crippen LogP contribution in [0.4, 0.5) is 0 Å². The predicted molar refractivity (Wildman–Crippen MR) is 79.2 cm³/mol. The molecule has 0 heterocycles. The van der Waals surface area contributed by atoms with Crippen molar-refractivity contribution >= 4 is 17.5 Å². The summed E-state index contributed by atoms with van der Waals surface area (Å²) in [4.78, 5) is 12.2. The predicted octanol–water partition coefficient (Wildman–Crippen LogP) is 4.19. The van der Waals surface area contributed by atoms with Gasteiger partial charge >= 0.3 is 0 Å². The molecule has 1 aromatic carbocycles. The van der Waals surface area contributed by atoms with Gasteiger partial charge in [0.05, 0.1) is 5.54 Å².